The van der Waals surface area contributed by atoms with Crippen molar-refractivity contribution in [1.29, 1.82) is 0 Å². The molecule has 1 heterocycles. The summed E-state index contributed by atoms with van der Waals surface area (Å²) in [6.07, 6.45) is 1.83. The van der Waals surface area contributed by atoms with Crippen LogP contribution in [0.15, 0.2) is 18.2 Å². The summed E-state index contributed by atoms with van der Waals surface area (Å²) in [6, 6.07) is 5.65. The number of hydrogen-bond donors (Lipinski definition) is 1. The fourth-order valence-electron chi connectivity index (χ4n) is 1.98. The van der Waals surface area contributed by atoms with Gasteiger partial charge in [-0.05, 0) is 50.1 Å². The van der Waals surface area contributed by atoms with Crippen molar-refractivity contribution in [3.63, 3.8) is 0 Å². The number of aryl methyl sites for hydroxylation is 2. The van der Waals surface area contributed by atoms with E-state index in [4.69, 9.17) is 28.9 Å². The van der Waals surface area contributed by atoms with Crippen LogP contribution in [-0.4, -0.2) is 11.5 Å². The van der Waals surface area contributed by atoms with E-state index in [1.165, 1.54) is 5.56 Å². The van der Waals surface area contributed by atoms with Crippen molar-refractivity contribution in [1.82, 2.24) is 4.98 Å². The van der Waals surface area contributed by atoms with Gasteiger partial charge in [-0.25, -0.2) is 0 Å². The normalized spacial score (nSPS) is 11.1. The first-order valence-electron chi connectivity index (χ1n) is 5.58. The summed E-state index contributed by atoms with van der Waals surface area (Å²) in [5.41, 5.74) is 8.46. The number of pyridine rings is 1. The molecule has 0 spiro atoms. The van der Waals surface area contributed by atoms with E-state index >= 15 is 0 Å². The minimum absolute atomic E-state index is 0.641. The van der Waals surface area contributed by atoms with E-state index in [0.29, 0.717) is 16.6 Å². The van der Waals surface area contributed by atoms with Crippen molar-refractivity contribution in [3.05, 3.63) is 39.5 Å². The molecular weight excluding hydrogens is 255 g/mol. The van der Waals surface area contributed by atoms with Crippen LogP contribution in [0.4, 0.5) is 0 Å². The molecule has 0 saturated carbocycles. The van der Waals surface area contributed by atoms with Crippen LogP contribution < -0.4 is 5.73 Å². The summed E-state index contributed by atoms with van der Waals surface area (Å²) in [5, 5.41) is 2.30. The SMILES string of the molecule is Cc1cc(CCCN)c2c(Cl)ccc(Cl)c2n1. The van der Waals surface area contributed by atoms with Gasteiger partial charge in [0.05, 0.1) is 15.6 Å². The third-order valence-corrected chi connectivity index (χ3v) is 3.34. The highest BCUT2D eigenvalue weighted by atomic mass is 35.5. The second-order valence-corrected chi connectivity index (χ2v) is 4.88. The first-order chi connectivity index (χ1) is 8.13. The lowest BCUT2D eigenvalue weighted by Crippen LogP contribution is -2.02. The van der Waals surface area contributed by atoms with E-state index < -0.39 is 0 Å². The summed E-state index contributed by atoms with van der Waals surface area (Å²) < 4.78 is 0. The van der Waals surface area contributed by atoms with Crippen molar-refractivity contribution in [3.8, 4) is 0 Å². The van der Waals surface area contributed by atoms with Crippen molar-refractivity contribution >= 4 is 34.1 Å². The van der Waals surface area contributed by atoms with Gasteiger partial charge in [-0.1, -0.05) is 23.2 Å². The molecule has 1 aromatic heterocycles. The van der Waals surface area contributed by atoms with Gasteiger partial charge >= 0.3 is 0 Å². The molecule has 90 valence electrons. The topological polar surface area (TPSA) is 38.9 Å². The minimum Gasteiger partial charge on any atom is -0.330 e. The van der Waals surface area contributed by atoms with Gasteiger partial charge in [0.25, 0.3) is 0 Å². The molecule has 0 aliphatic carbocycles. The Morgan fingerprint density at radius 3 is 2.65 bits per heavy atom. The Labute approximate surface area is 111 Å². The number of rotatable bonds is 3. The third kappa shape index (κ3) is 2.54. The summed E-state index contributed by atoms with van der Waals surface area (Å²) in [4.78, 5) is 4.46. The Balaban J connectivity index is 2.68. The van der Waals surface area contributed by atoms with Gasteiger partial charge < -0.3 is 5.73 Å². The molecule has 17 heavy (non-hydrogen) atoms. The monoisotopic (exact) mass is 268 g/mol. The second-order valence-electron chi connectivity index (χ2n) is 4.07. The van der Waals surface area contributed by atoms with Crippen LogP contribution in [0.25, 0.3) is 10.9 Å². The Bertz CT molecular complexity index is 553. The number of benzene rings is 1. The molecule has 0 bridgehead atoms. The summed E-state index contributed by atoms with van der Waals surface area (Å²) in [6.45, 7) is 2.63. The van der Waals surface area contributed by atoms with Crippen LogP contribution in [0.3, 0.4) is 0 Å². The highest BCUT2D eigenvalue weighted by Gasteiger charge is 2.10. The maximum atomic E-state index is 6.24. The van der Waals surface area contributed by atoms with Crippen LogP contribution in [0.1, 0.15) is 17.7 Å². The predicted octanol–water partition coefficient (Wildman–Crippen LogP) is 3.74. The molecule has 0 atom stereocenters. The van der Waals surface area contributed by atoms with Gasteiger partial charge in [-0.15, -0.1) is 0 Å². The molecule has 2 rings (SSSR count). The smallest absolute Gasteiger partial charge is 0.0909 e. The summed E-state index contributed by atoms with van der Waals surface area (Å²) >= 11 is 12.4. The van der Waals surface area contributed by atoms with Crippen molar-refractivity contribution in [2.75, 3.05) is 6.54 Å². The molecule has 0 unspecified atom stereocenters. The number of nitrogens with zero attached hydrogens (tertiary/aromatic N) is 1. The van der Waals surface area contributed by atoms with E-state index in [1.54, 1.807) is 6.07 Å². The maximum Gasteiger partial charge on any atom is 0.0909 e. The molecule has 0 saturated heterocycles. The van der Waals surface area contributed by atoms with Gasteiger partial charge in [-0.3, -0.25) is 4.98 Å². The van der Waals surface area contributed by atoms with Gasteiger partial charge in [0.15, 0.2) is 0 Å². The number of halogens is 2. The maximum absolute atomic E-state index is 6.24. The minimum atomic E-state index is 0.641. The van der Waals surface area contributed by atoms with Gasteiger partial charge in [0.1, 0.15) is 0 Å². The van der Waals surface area contributed by atoms with E-state index in [1.807, 2.05) is 13.0 Å². The third-order valence-electron chi connectivity index (χ3n) is 2.72. The van der Waals surface area contributed by atoms with Gasteiger partial charge in [-0.2, -0.15) is 0 Å². The van der Waals surface area contributed by atoms with Crippen molar-refractivity contribution in [2.45, 2.75) is 19.8 Å². The molecule has 2 nitrogen and oxygen atoms in total. The van der Waals surface area contributed by atoms with Gasteiger partial charge in [0.2, 0.25) is 0 Å². The standard InChI is InChI=1S/C13H14Cl2N2/c1-8-7-9(3-2-6-16)12-10(14)4-5-11(15)13(12)17-8/h4-5,7H,2-3,6,16H2,1H3. The number of hydrogen-bond acceptors (Lipinski definition) is 2. The zero-order valence-corrected chi connectivity index (χ0v) is 11.1. The van der Waals surface area contributed by atoms with Crippen LogP contribution >= 0.6 is 23.2 Å². The molecule has 4 heteroatoms. The first-order valence-corrected chi connectivity index (χ1v) is 6.33. The molecule has 0 aliphatic rings. The lowest BCUT2D eigenvalue weighted by molar-refractivity contribution is 0.835. The fraction of sp³-hybridized carbons (Fsp3) is 0.308. The quantitative estimate of drug-likeness (QED) is 0.921. The van der Waals surface area contributed by atoms with Crippen LogP contribution in [-0.2, 0) is 6.42 Å². The van der Waals surface area contributed by atoms with E-state index in [0.717, 1.165) is 29.4 Å². The van der Waals surface area contributed by atoms with E-state index in [9.17, 15) is 0 Å². The zero-order chi connectivity index (χ0) is 12.4. The summed E-state index contributed by atoms with van der Waals surface area (Å²) in [5.74, 6) is 0. The fourth-order valence-corrected chi connectivity index (χ4v) is 2.45. The van der Waals surface area contributed by atoms with Crippen LogP contribution in [0, 0.1) is 6.92 Å². The Hall–Kier alpha value is -0.830. The molecule has 2 aromatic rings. The lowest BCUT2D eigenvalue weighted by atomic mass is 10.0. The molecule has 0 amide bonds. The predicted molar refractivity (Wildman–Crippen MR) is 73.9 cm³/mol. The Morgan fingerprint density at radius 2 is 1.94 bits per heavy atom. The first kappa shape index (κ1) is 12.6. The zero-order valence-electron chi connectivity index (χ0n) is 9.63. The molecule has 1 aromatic carbocycles. The molecule has 0 aliphatic heterocycles. The Morgan fingerprint density at radius 1 is 1.24 bits per heavy atom. The summed E-state index contributed by atoms with van der Waals surface area (Å²) in [7, 11) is 0. The molecule has 2 N–H and O–H groups in total. The van der Waals surface area contributed by atoms with E-state index in [2.05, 4.69) is 11.1 Å². The molecular formula is C13H14Cl2N2. The number of fused-ring (bicyclic) bond motifs is 1. The highest BCUT2D eigenvalue weighted by molar-refractivity contribution is 6.40. The second kappa shape index (κ2) is 5.21. The van der Waals surface area contributed by atoms with E-state index in [-0.39, 0.29) is 0 Å². The average Bonchev–Trinajstić information content (AvgIpc) is 2.30. The Kier molecular flexibility index (Phi) is 3.87. The lowest BCUT2D eigenvalue weighted by Gasteiger charge is -2.10. The highest BCUT2D eigenvalue weighted by Crippen LogP contribution is 2.32. The van der Waals surface area contributed by atoms with Crippen molar-refractivity contribution in [2.24, 2.45) is 5.73 Å². The average molecular weight is 269 g/mol. The molecule has 0 fully saturated rings. The number of aromatic nitrogens is 1. The van der Waals surface area contributed by atoms with Crippen molar-refractivity contribution < 1.29 is 0 Å². The van der Waals surface area contributed by atoms with Gasteiger partial charge in [0, 0.05) is 11.1 Å². The van der Waals surface area contributed by atoms with Crippen LogP contribution in [0.2, 0.25) is 10.0 Å². The number of nitrogens with two attached hydrogens (primary N) is 1. The van der Waals surface area contributed by atoms with Crippen LogP contribution in [0.5, 0.6) is 0 Å². The molecule has 0 radical (unpaired) electrons. The largest absolute Gasteiger partial charge is 0.330 e.